The smallest absolute Gasteiger partial charge is 0.161 e. The largest absolute Gasteiger partial charge is 0.228 e. The molecule has 0 amide bonds. The highest BCUT2D eigenvalue weighted by atomic mass is 14.9. The second-order valence-electron chi connectivity index (χ2n) is 16.2. The molecular formula is C57H40N2. The minimum Gasteiger partial charge on any atom is -0.228 e. The Morgan fingerprint density at radius 2 is 0.847 bits per heavy atom. The van der Waals surface area contributed by atoms with E-state index in [1.54, 1.807) is 0 Å². The molecule has 0 radical (unpaired) electrons. The molecule has 0 atom stereocenters. The SMILES string of the molecule is CC1(C)c2ccc(-c3cccc(-c4ccc(-c5nc(-c6ccccc6)cc(-c6cccc(-c7ccccc7)c6)n5)c5ccccc45)c3)cc2-c2c1ccc1ccccc21. The van der Waals surface area contributed by atoms with Gasteiger partial charge in [0, 0.05) is 22.1 Å². The number of benzene rings is 9. The Labute approximate surface area is 345 Å². The maximum Gasteiger partial charge on any atom is 0.161 e. The molecule has 1 aliphatic rings. The van der Waals surface area contributed by atoms with Crippen LogP contribution in [0.3, 0.4) is 0 Å². The molecule has 10 aromatic rings. The van der Waals surface area contributed by atoms with Crippen LogP contribution in [-0.2, 0) is 5.41 Å². The van der Waals surface area contributed by atoms with Gasteiger partial charge in [0.05, 0.1) is 11.4 Å². The molecule has 0 saturated carbocycles. The van der Waals surface area contributed by atoms with Crippen molar-refractivity contribution in [3.05, 3.63) is 217 Å². The van der Waals surface area contributed by atoms with Crippen molar-refractivity contribution in [2.75, 3.05) is 0 Å². The monoisotopic (exact) mass is 752 g/mol. The predicted molar refractivity (Wildman–Crippen MR) is 247 cm³/mol. The maximum atomic E-state index is 5.30. The molecule has 0 aliphatic heterocycles. The third-order valence-electron chi connectivity index (χ3n) is 12.3. The molecule has 0 fully saturated rings. The molecule has 1 aromatic heterocycles. The Morgan fingerprint density at radius 1 is 0.322 bits per heavy atom. The van der Waals surface area contributed by atoms with Crippen molar-refractivity contribution in [1.29, 1.82) is 0 Å². The summed E-state index contributed by atoms with van der Waals surface area (Å²) in [6.45, 7) is 4.71. The Kier molecular flexibility index (Phi) is 8.20. The fourth-order valence-electron chi connectivity index (χ4n) is 9.28. The number of nitrogens with zero attached hydrogens (tertiary/aromatic N) is 2. The molecule has 0 unspecified atom stereocenters. The van der Waals surface area contributed by atoms with Crippen molar-refractivity contribution >= 4 is 21.5 Å². The summed E-state index contributed by atoms with van der Waals surface area (Å²) in [6, 6.07) is 74.3. The van der Waals surface area contributed by atoms with Crippen molar-refractivity contribution in [2.24, 2.45) is 0 Å². The van der Waals surface area contributed by atoms with Gasteiger partial charge in [-0.25, -0.2) is 9.97 Å². The van der Waals surface area contributed by atoms with E-state index < -0.39 is 0 Å². The maximum absolute atomic E-state index is 5.30. The third kappa shape index (κ3) is 5.96. The standard InChI is InChI=1S/C57H40N2/c1-57(2)51-31-28-42(35-50(51)55-46-24-10-9-17-38(46)27-32-52(55)57)41-21-13-22-43(33-41)45-29-30-49(48-26-12-11-25-47(45)48)56-58-53(39-18-7-4-8-19-39)36-54(59-56)44-23-14-20-40(34-44)37-15-5-3-6-16-37/h3-36H,1-2H3. The van der Waals surface area contributed by atoms with Gasteiger partial charge in [-0.1, -0.05) is 190 Å². The molecule has 2 nitrogen and oxygen atoms in total. The van der Waals surface area contributed by atoms with Crippen LogP contribution in [0, 0.1) is 0 Å². The van der Waals surface area contributed by atoms with E-state index in [9.17, 15) is 0 Å². The van der Waals surface area contributed by atoms with Gasteiger partial charge >= 0.3 is 0 Å². The summed E-state index contributed by atoms with van der Waals surface area (Å²) in [6.07, 6.45) is 0. The first kappa shape index (κ1) is 34.8. The van der Waals surface area contributed by atoms with E-state index in [1.807, 2.05) is 6.07 Å². The highest BCUT2D eigenvalue weighted by molar-refractivity contribution is 6.05. The van der Waals surface area contributed by atoms with Crippen LogP contribution in [0.25, 0.3) is 100.0 Å². The van der Waals surface area contributed by atoms with Gasteiger partial charge in [0.1, 0.15) is 0 Å². The van der Waals surface area contributed by atoms with E-state index in [0.29, 0.717) is 5.82 Å². The van der Waals surface area contributed by atoms with Crippen molar-refractivity contribution in [3.8, 4) is 78.4 Å². The minimum atomic E-state index is -0.0625. The predicted octanol–water partition coefficient (Wildman–Crippen LogP) is 15.1. The van der Waals surface area contributed by atoms with Gasteiger partial charge in [0.15, 0.2) is 5.82 Å². The second-order valence-corrected chi connectivity index (χ2v) is 16.2. The van der Waals surface area contributed by atoms with Crippen molar-refractivity contribution in [2.45, 2.75) is 19.3 Å². The molecule has 1 aliphatic carbocycles. The summed E-state index contributed by atoms with van der Waals surface area (Å²) in [7, 11) is 0. The third-order valence-corrected chi connectivity index (χ3v) is 12.3. The van der Waals surface area contributed by atoms with Crippen LogP contribution < -0.4 is 0 Å². The van der Waals surface area contributed by atoms with Crippen LogP contribution in [0.1, 0.15) is 25.0 Å². The van der Waals surface area contributed by atoms with Crippen molar-refractivity contribution in [3.63, 3.8) is 0 Å². The molecule has 11 rings (SSSR count). The van der Waals surface area contributed by atoms with E-state index in [-0.39, 0.29) is 5.41 Å². The van der Waals surface area contributed by atoms with Gasteiger partial charge in [-0.15, -0.1) is 0 Å². The molecule has 278 valence electrons. The molecular weight excluding hydrogens is 713 g/mol. The first-order chi connectivity index (χ1) is 29.0. The lowest BCUT2D eigenvalue weighted by molar-refractivity contribution is 0.661. The molecule has 9 aromatic carbocycles. The van der Waals surface area contributed by atoms with Crippen LogP contribution in [0.5, 0.6) is 0 Å². The summed E-state index contributed by atoms with van der Waals surface area (Å²) < 4.78 is 0. The molecule has 0 saturated heterocycles. The Morgan fingerprint density at radius 3 is 1.61 bits per heavy atom. The molecule has 0 spiro atoms. The van der Waals surface area contributed by atoms with E-state index in [0.717, 1.165) is 39.0 Å². The summed E-state index contributed by atoms with van der Waals surface area (Å²) in [5.41, 5.74) is 17.4. The van der Waals surface area contributed by atoms with Gasteiger partial charge in [-0.3, -0.25) is 0 Å². The van der Waals surface area contributed by atoms with E-state index in [4.69, 9.17) is 9.97 Å². The number of aromatic nitrogens is 2. The summed E-state index contributed by atoms with van der Waals surface area (Å²) in [4.78, 5) is 10.6. The normalized spacial score (nSPS) is 12.7. The fourth-order valence-corrected chi connectivity index (χ4v) is 9.28. The first-order valence-corrected chi connectivity index (χ1v) is 20.4. The van der Waals surface area contributed by atoms with Crippen molar-refractivity contribution in [1.82, 2.24) is 9.97 Å². The summed E-state index contributed by atoms with van der Waals surface area (Å²) >= 11 is 0. The summed E-state index contributed by atoms with van der Waals surface area (Å²) in [5.74, 6) is 0.705. The quantitative estimate of drug-likeness (QED) is 0.169. The first-order valence-electron chi connectivity index (χ1n) is 20.4. The zero-order chi connectivity index (χ0) is 39.5. The molecule has 2 heteroatoms. The number of rotatable bonds is 6. The Balaban J connectivity index is 1.02. The lowest BCUT2D eigenvalue weighted by Gasteiger charge is -2.21. The fraction of sp³-hybridized carbons (Fsp3) is 0.0526. The lowest BCUT2D eigenvalue weighted by atomic mass is 9.82. The minimum absolute atomic E-state index is 0.0625. The zero-order valence-corrected chi connectivity index (χ0v) is 33.0. The molecule has 0 N–H and O–H groups in total. The number of fused-ring (bicyclic) bond motifs is 6. The van der Waals surface area contributed by atoms with Crippen LogP contribution in [0.4, 0.5) is 0 Å². The lowest BCUT2D eigenvalue weighted by Crippen LogP contribution is -2.14. The average molecular weight is 753 g/mol. The highest BCUT2D eigenvalue weighted by Crippen LogP contribution is 2.52. The van der Waals surface area contributed by atoms with Crippen LogP contribution >= 0.6 is 0 Å². The van der Waals surface area contributed by atoms with E-state index >= 15 is 0 Å². The van der Waals surface area contributed by atoms with Crippen LogP contribution in [-0.4, -0.2) is 9.97 Å². The van der Waals surface area contributed by atoms with E-state index in [2.05, 4.69) is 214 Å². The molecule has 59 heavy (non-hydrogen) atoms. The van der Waals surface area contributed by atoms with Gasteiger partial charge in [0.2, 0.25) is 0 Å². The van der Waals surface area contributed by atoms with Gasteiger partial charge in [-0.2, -0.15) is 0 Å². The molecule has 1 heterocycles. The molecule has 0 bridgehead atoms. The topological polar surface area (TPSA) is 25.8 Å². The van der Waals surface area contributed by atoms with Crippen molar-refractivity contribution < 1.29 is 0 Å². The second kappa shape index (κ2) is 13.9. The highest BCUT2D eigenvalue weighted by Gasteiger charge is 2.36. The Bertz CT molecular complexity index is 3230. The average Bonchev–Trinajstić information content (AvgIpc) is 3.54. The Hall–Kier alpha value is -7.42. The zero-order valence-electron chi connectivity index (χ0n) is 33.0. The van der Waals surface area contributed by atoms with Crippen LogP contribution in [0.2, 0.25) is 0 Å². The van der Waals surface area contributed by atoms with Gasteiger partial charge < -0.3 is 0 Å². The van der Waals surface area contributed by atoms with Gasteiger partial charge in [0.25, 0.3) is 0 Å². The van der Waals surface area contributed by atoms with Gasteiger partial charge in [-0.05, 0) is 108 Å². The number of hydrogen-bond acceptors (Lipinski definition) is 2. The number of hydrogen-bond donors (Lipinski definition) is 0. The summed E-state index contributed by atoms with van der Waals surface area (Å²) in [5, 5.41) is 4.89. The van der Waals surface area contributed by atoms with Crippen LogP contribution in [0.15, 0.2) is 206 Å². The van der Waals surface area contributed by atoms with E-state index in [1.165, 1.54) is 66.2 Å².